The molecular formula is C11H9Cl2F3O. The first-order valence-corrected chi connectivity index (χ1v) is 5.53. The third kappa shape index (κ3) is 3.89. The Labute approximate surface area is 107 Å². The van der Waals surface area contributed by atoms with Gasteiger partial charge in [-0.2, -0.15) is 13.2 Å². The summed E-state index contributed by atoms with van der Waals surface area (Å²) in [5.74, 6) is -0.282. The lowest BCUT2D eigenvalue weighted by Gasteiger charge is -2.12. The number of hydrogen-bond donors (Lipinski definition) is 0. The van der Waals surface area contributed by atoms with Gasteiger partial charge in [-0.05, 0) is 31.0 Å². The van der Waals surface area contributed by atoms with E-state index in [9.17, 15) is 18.0 Å². The van der Waals surface area contributed by atoms with E-state index >= 15 is 0 Å². The molecule has 0 bridgehead atoms. The Balaban J connectivity index is 3.01. The Morgan fingerprint density at radius 3 is 2.47 bits per heavy atom. The van der Waals surface area contributed by atoms with Crippen LogP contribution in [-0.4, -0.2) is 11.2 Å². The maximum absolute atomic E-state index is 12.5. The fourth-order valence-corrected chi connectivity index (χ4v) is 1.67. The summed E-state index contributed by atoms with van der Waals surface area (Å²) < 4.78 is 37.6. The molecule has 1 aromatic carbocycles. The number of Topliss-reactive ketones (excluding diaryl/α,β-unsaturated/α-hetero) is 1. The fourth-order valence-electron chi connectivity index (χ4n) is 1.27. The van der Waals surface area contributed by atoms with Gasteiger partial charge < -0.3 is 0 Å². The van der Waals surface area contributed by atoms with Gasteiger partial charge in [0.05, 0.1) is 16.0 Å². The molecule has 17 heavy (non-hydrogen) atoms. The molecule has 0 saturated carbocycles. The van der Waals surface area contributed by atoms with Gasteiger partial charge in [0.15, 0.2) is 0 Å². The molecule has 0 aliphatic rings. The van der Waals surface area contributed by atoms with Gasteiger partial charge in [-0.15, -0.1) is 11.6 Å². The van der Waals surface area contributed by atoms with Gasteiger partial charge in [-0.3, -0.25) is 4.79 Å². The molecule has 1 aromatic rings. The maximum Gasteiger partial charge on any atom is 0.417 e. The fraction of sp³-hybridized carbons (Fsp3) is 0.364. The number of rotatable bonds is 3. The lowest BCUT2D eigenvalue weighted by atomic mass is 10.0. The lowest BCUT2D eigenvalue weighted by molar-refractivity contribution is -0.137. The first-order chi connectivity index (χ1) is 7.71. The van der Waals surface area contributed by atoms with Gasteiger partial charge in [0.1, 0.15) is 5.78 Å². The van der Waals surface area contributed by atoms with Gasteiger partial charge in [-0.25, -0.2) is 0 Å². The van der Waals surface area contributed by atoms with Crippen LogP contribution in [0.2, 0.25) is 5.02 Å². The van der Waals surface area contributed by atoms with Crippen LogP contribution < -0.4 is 0 Å². The zero-order chi connectivity index (χ0) is 13.2. The summed E-state index contributed by atoms with van der Waals surface area (Å²) in [4.78, 5) is 10.9. The summed E-state index contributed by atoms with van der Waals surface area (Å²) >= 11 is 11.2. The second-order valence-corrected chi connectivity index (χ2v) is 4.53. The van der Waals surface area contributed by atoms with Gasteiger partial charge in [-0.1, -0.05) is 17.7 Å². The number of ketones is 1. The van der Waals surface area contributed by atoms with E-state index in [2.05, 4.69) is 0 Å². The summed E-state index contributed by atoms with van der Waals surface area (Å²) in [6.07, 6.45) is -4.46. The molecule has 1 atom stereocenters. The van der Waals surface area contributed by atoms with E-state index < -0.39 is 17.1 Å². The van der Waals surface area contributed by atoms with Crippen LogP contribution in [0.25, 0.3) is 0 Å². The van der Waals surface area contributed by atoms with Crippen molar-refractivity contribution in [2.75, 3.05) is 0 Å². The predicted octanol–water partition coefficient (Wildman–Crippen LogP) is 4.10. The smallest absolute Gasteiger partial charge is 0.298 e. The first-order valence-electron chi connectivity index (χ1n) is 4.72. The molecule has 0 aliphatic carbocycles. The average Bonchev–Trinajstić information content (AvgIpc) is 2.19. The topological polar surface area (TPSA) is 17.1 Å². The Hall–Kier alpha value is -0.740. The Morgan fingerprint density at radius 2 is 2.00 bits per heavy atom. The van der Waals surface area contributed by atoms with Crippen molar-refractivity contribution >= 4 is 29.0 Å². The molecule has 0 aromatic heterocycles. The number of carbonyl (C=O) groups excluding carboxylic acids is 1. The van der Waals surface area contributed by atoms with E-state index in [4.69, 9.17) is 23.2 Å². The first kappa shape index (κ1) is 14.3. The predicted molar refractivity (Wildman–Crippen MR) is 60.5 cm³/mol. The van der Waals surface area contributed by atoms with Crippen LogP contribution in [0, 0.1) is 0 Å². The minimum atomic E-state index is -4.51. The minimum Gasteiger partial charge on any atom is -0.298 e. The van der Waals surface area contributed by atoms with Crippen LogP contribution in [0.3, 0.4) is 0 Å². The third-order valence-corrected chi connectivity index (χ3v) is 2.98. The lowest BCUT2D eigenvalue weighted by Crippen LogP contribution is -2.14. The molecule has 1 rings (SSSR count). The molecule has 1 unspecified atom stereocenters. The highest BCUT2D eigenvalue weighted by molar-refractivity contribution is 6.31. The zero-order valence-corrected chi connectivity index (χ0v) is 10.3. The summed E-state index contributed by atoms with van der Waals surface area (Å²) in [7, 11) is 0. The van der Waals surface area contributed by atoms with Gasteiger partial charge in [0, 0.05) is 0 Å². The summed E-state index contributed by atoms with van der Waals surface area (Å²) in [5, 5.41) is -1.19. The van der Waals surface area contributed by atoms with Crippen LogP contribution in [-0.2, 0) is 17.4 Å². The molecule has 0 saturated heterocycles. The van der Waals surface area contributed by atoms with E-state index in [1.807, 2.05) is 0 Å². The third-order valence-electron chi connectivity index (χ3n) is 2.19. The Bertz CT molecular complexity index is 429. The monoisotopic (exact) mass is 284 g/mol. The van der Waals surface area contributed by atoms with Crippen LogP contribution >= 0.6 is 23.2 Å². The minimum absolute atomic E-state index is 0.0527. The highest BCUT2D eigenvalue weighted by Crippen LogP contribution is 2.35. The van der Waals surface area contributed by atoms with Crippen molar-refractivity contribution in [2.45, 2.75) is 24.9 Å². The molecule has 94 valence electrons. The van der Waals surface area contributed by atoms with E-state index in [0.29, 0.717) is 5.56 Å². The van der Waals surface area contributed by atoms with Crippen LogP contribution in [0.15, 0.2) is 18.2 Å². The molecule has 0 heterocycles. The van der Waals surface area contributed by atoms with Crippen LogP contribution in [0.5, 0.6) is 0 Å². The molecule has 0 aliphatic heterocycles. The Morgan fingerprint density at radius 1 is 1.41 bits per heavy atom. The van der Waals surface area contributed by atoms with Crippen molar-refractivity contribution in [1.29, 1.82) is 0 Å². The second kappa shape index (κ2) is 5.27. The number of hydrogen-bond acceptors (Lipinski definition) is 1. The van der Waals surface area contributed by atoms with Gasteiger partial charge in [0.2, 0.25) is 0 Å². The number of carbonyl (C=O) groups is 1. The molecule has 0 fully saturated rings. The number of alkyl halides is 4. The highest BCUT2D eigenvalue weighted by atomic mass is 35.5. The molecule has 6 heteroatoms. The summed E-state index contributed by atoms with van der Waals surface area (Å²) in [5.41, 5.74) is -0.582. The zero-order valence-electron chi connectivity index (χ0n) is 8.81. The van der Waals surface area contributed by atoms with E-state index in [-0.39, 0.29) is 17.2 Å². The quantitative estimate of drug-likeness (QED) is 0.764. The van der Waals surface area contributed by atoms with Crippen molar-refractivity contribution in [3.8, 4) is 0 Å². The van der Waals surface area contributed by atoms with E-state index in [1.165, 1.54) is 13.0 Å². The number of benzene rings is 1. The molecule has 0 N–H and O–H groups in total. The van der Waals surface area contributed by atoms with Crippen molar-refractivity contribution in [3.63, 3.8) is 0 Å². The Kier molecular flexibility index (Phi) is 4.44. The van der Waals surface area contributed by atoms with Crippen LogP contribution in [0.1, 0.15) is 18.1 Å². The molecule has 0 amide bonds. The maximum atomic E-state index is 12.5. The normalized spacial score (nSPS) is 13.5. The van der Waals surface area contributed by atoms with Crippen molar-refractivity contribution in [3.05, 3.63) is 34.3 Å². The van der Waals surface area contributed by atoms with Crippen molar-refractivity contribution in [1.82, 2.24) is 0 Å². The van der Waals surface area contributed by atoms with Crippen molar-refractivity contribution < 1.29 is 18.0 Å². The highest BCUT2D eigenvalue weighted by Gasteiger charge is 2.33. The molecule has 0 spiro atoms. The van der Waals surface area contributed by atoms with Gasteiger partial charge in [0.25, 0.3) is 0 Å². The molecule has 0 radical (unpaired) electrons. The summed E-state index contributed by atoms with van der Waals surface area (Å²) in [6, 6.07) is 3.50. The van der Waals surface area contributed by atoms with E-state index in [0.717, 1.165) is 12.1 Å². The molecular weight excluding hydrogens is 276 g/mol. The second-order valence-electron chi connectivity index (χ2n) is 3.59. The number of halogens is 5. The average molecular weight is 285 g/mol. The van der Waals surface area contributed by atoms with E-state index in [1.54, 1.807) is 0 Å². The SMILES string of the molecule is CC(=O)C(Cl)Cc1ccc(Cl)c(C(F)(F)F)c1. The standard InChI is InChI=1S/C11H9Cl2F3O/c1-6(17)10(13)5-7-2-3-9(12)8(4-7)11(14,15)16/h2-4,10H,5H2,1H3. The van der Waals surface area contributed by atoms with Crippen LogP contribution in [0.4, 0.5) is 13.2 Å². The molecule has 1 nitrogen and oxygen atoms in total. The van der Waals surface area contributed by atoms with Crippen molar-refractivity contribution in [2.24, 2.45) is 0 Å². The van der Waals surface area contributed by atoms with Gasteiger partial charge >= 0.3 is 6.18 Å². The largest absolute Gasteiger partial charge is 0.417 e. The summed E-state index contributed by atoms with van der Waals surface area (Å²) in [6.45, 7) is 1.29.